The molecule has 2 nitrogen and oxygen atoms in total. The first kappa shape index (κ1) is 13.3. The first-order chi connectivity index (χ1) is 10.6. The molecule has 0 unspecified atom stereocenters. The van der Waals surface area contributed by atoms with Crippen LogP contribution in [0.1, 0.15) is 36.6 Å². The van der Waals surface area contributed by atoms with Crippen LogP contribution in [0.2, 0.25) is 0 Å². The SMILES string of the molecule is Cc1ccc2c(c1)nc(C(C)C)c1c(C)c3ccccc3n12. The molecule has 22 heavy (non-hydrogen) atoms. The first-order valence-corrected chi connectivity index (χ1v) is 7.88. The van der Waals surface area contributed by atoms with Crippen LogP contribution >= 0.6 is 0 Å². The highest BCUT2D eigenvalue weighted by molar-refractivity contribution is 5.97. The smallest absolute Gasteiger partial charge is 0.0877 e. The molecule has 0 N–H and O–H groups in total. The Balaban J connectivity index is 2.37. The van der Waals surface area contributed by atoms with Crippen molar-refractivity contribution in [2.24, 2.45) is 0 Å². The van der Waals surface area contributed by atoms with E-state index in [0.29, 0.717) is 5.92 Å². The van der Waals surface area contributed by atoms with Crippen molar-refractivity contribution in [2.45, 2.75) is 33.6 Å². The van der Waals surface area contributed by atoms with Gasteiger partial charge in [0.25, 0.3) is 0 Å². The summed E-state index contributed by atoms with van der Waals surface area (Å²) in [6.07, 6.45) is 0. The molecular formula is C20H20N2. The summed E-state index contributed by atoms with van der Waals surface area (Å²) in [6.45, 7) is 8.78. The Hall–Kier alpha value is -2.35. The number of hydrogen-bond donors (Lipinski definition) is 0. The van der Waals surface area contributed by atoms with Crippen molar-refractivity contribution in [1.82, 2.24) is 9.38 Å². The highest BCUT2D eigenvalue weighted by Gasteiger charge is 2.17. The third-order valence-electron chi connectivity index (χ3n) is 4.53. The lowest BCUT2D eigenvalue weighted by Gasteiger charge is -2.12. The molecule has 4 aromatic rings. The largest absolute Gasteiger partial charge is 0.306 e. The Morgan fingerprint density at radius 3 is 2.50 bits per heavy atom. The number of aromatic nitrogens is 2. The van der Waals surface area contributed by atoms with Crippen molar-refractivity contribution in [3.63, 3.8) is 0 Å². The van der Waals surface area contributed by atoms with E-state index in [-0.39, 0.29) is 0 Å². The van der Waals surface area contributed by atoms with E-state index < -0.39 is 0 Å². The van der Waals surface area contributed by atoms with Gasteiger partial charge in [-0.25, -0.2) is 4.98 Å². The Kier molecular flexibility index (Phi) is 2.77. The van der Waals surface area contributed by atoms with Gasteiger partial charge in [0.1, 0.15) is 0 Å². The Morgan fingerprint density at radius 2 is 1.73 bits per heavy atom. The summed E-state index contributed by atoms with van der Waals surface area (Å²) in [7, 11) is 0. The van der Waals surface area contributed by atoms with E-state index in [1.807, 2.05) is 0 Å². The lowest BCUT2D eigenvalue weighted by Crippen LogP contribution is -2.01. The maximum atomic E-state index is 5.00. The summed E-state index contributed by atoms with van der Waals surface area (Å²) in [5.41, 5.74) is 8.58. The molecule has 0 spiro atoms. The molecule has 0 atom stereocenters. The van der Waals surface area contributed by atoms with Gasteiger partial charge in [-0.15, -0.1) is 0 Å². The van der Waals surface area contributed by atoms with Crippen LogP contribution in [-0.4, -0.2) is 9.38 Å². The van der Waals surface area contributed by atoms with Crippen molar-refractivity contribution in [3.05, 3.63) is 59.3 Å². The van der Waals surface area contributed by atoms with E-state index in [2.05, 4.69) is 74.6 Å². The standard InChI is InChI=1S/C20H20N2/c1-12(2)19-20-14(4)15-7-5-6-8-17(15)22(20)18-10-9-13(3)11-16(18)21-19/h5-12H,1-4H3. The van der Waals surface area contributed by atoms with Crippen molar-refractivity contribution >= 4 is 27.5 Å². The summed E-state index contributed by atoms with van der Waals surface area (Å²) < 4.78 is 2.39. The monoisotopic (exact) mass is 288 g/mol. The zero-order chi connectivity index (χ0) is 15.4. The fourth-order valence-electron chi connectivity index (χ4n) is 3.46. The number of hydrogen-bond acceptors (Lipinski definition) is 1. The molecule has 0 amide bonds. The minimum atomic E-state index is 0.399. The van der Waals surface area contributed by atoms with Crippen LogP contribution in [0.15, 0.2) is 42.5 Å². The van der Waals surface area contributed by atoms with Crippen LogP contribution in [0.25, 0.3) is 27.5 Å². The fraction of sp³-hybridized carbons (Fsp3) is 0.250. The maximum absolute atomic E-state index is 5.00. The molecule has 2 heteroatoms. The van der Waals surface area contributed by atoms with Crippen LogP contribution in [-0.2, 0) is 0 Å². The van der Waals surface area contributed by atoms with Crippen LogP contribution in [0.5, 0.6) is 0 Å². The molecule has 0 radical (unpaired) electrons. The summed E-state index contributed by atoms with van der Waals surface area (Å²) in [5, 5.41) is 1.32. The molecular weight excluding hydrogens is 268 g/mol. The van der Waals surface area contributed by atoms with E-state index in [4.69, 9.17) is 4.98 Å². The Labute approximate surface area is 130 Å². The van der Waals surface area contributed by atoms with Crippen molar-refractivity contribution in [3.8, 4) is 0 Å². The van der Waals surface area contributed by atoms with E-state index in [1.54, 1.807) is 0 Å². The molecule has 110 valence electrons. The Bertz CT molecular complexity index is 1020. The summed E-state index contributed by atoms with van der Waals surface area (Å²) >= 11 is 0. The molecule has 0 saturated carbocycles. The molecule has 0 aliphatic heterocycles. The first-order valence-electron chi connectivity index (χ1n) is 7.88. The normalized spacial score (nSPS) is 12.0. The average Bonchev–Trinajstić information content (AvgIpc) is 2.80. The van der Waals surface area contributed by atoms with Gasteiger partial charge in [-0.3, -0.25) is 0 Å². The summed E-state index contributed by atoms with van der Waals surface area (Å²) in [5.74, 6) is 0.399. The van der Waals surface area contributed by atoms with Crippen molar-refractivity contribution in [1.29, 1.82) is 0 Å². The zero-order valence-corrected chi connectivity index (χ0v) is 13.5. The van der Waals surface area contributed by atoms with Crippen molar-refractivity contribution < 1.29 is 0 Å². The molecule has 2 aromatic heterocycles. The van der Waals surface area contributed by atoms with Crippen LogP contribution in [0, 0.1) is 13.8 Å². The highest BCUT2D eigenvalue weighted by Crippen LogP contribution is 2.33. The zero-order valence-electron chi connectivity index (χ0n) is 13.5. The summed E-state index contributed by atoms with van der Waals surface area (Å²) in [6, 6.07) is 15.2. The van der Waals surface area contributed by atoms with Gasteiger partial charge in [-0.1, -0.05) is 38.1 Å². The van der Waals surface area contributed by atoms with E-state index >= 15 is 0 Å². The van der Waals surface area contributed by atoms with Crippen LogP contribution < -0.4 is 0 Å². The number of benzene rings is 2. The predicted molar refractivity (Wildman–Crippen MR) is 93.8 cm³/mol. The van der Waals surface area contributed by atoms with E-state index in [9.17, 15) is 0 Å². The number of para-hydroxylation sites is 1. The van der Waals surface area contributed by atoms with Gasteiger partial charge in [0.05, 0.1) is 27.8 Å². The molecule has 4 rings (SSSR count). The molecule has 0 aliphatic rings. The third kappa shape index (κ3) is 1.70. The molecule has 2 heterocycles. The minimum Gasteiger partial charge on any atom is -0.306 e. The topological polar surface area (TPSA) is 17.3 Å². The minimum absolute atomic E-state index is 0.399. The van der Waals surface area contributed by atoms with Gasteiger partial charge in [-0.2, -0.15) is 0 Å². The van der Waals surface area contributed by atoms with Gasteiger partial charge in [0, 0.05) is 5.39 Å². The molecule has 2 aromatic carbocycles. The number of rotatable bonds is 1. The molecule has 0 saturated heterocycles. The lowest BCUT2D eigenvalue weighted by molar-refractivity contribution is 0.832. The van der Waals surface area contributed by atoms with Gasteiger partial charge in [0.2, 0.25) is 0 Å². The predicted octanol–water partition coefficient (Wildman–Crippen LogP) is 5.38. The van der Waals surface area contributed by atoms with Crippen LogP contribution in [0.4, 0.5) is 0 Å². The third-order valence-corrected chi connectivity index (χ3v) is 4.53. The van der Waals surface area contributed by atoms with E-state index in [0.717, 1.165) is 5.52 Å². The van der Waals surface area contributed by atoms with Gasteiger partial charge in [0.15, 0.2) is 0 Å². The number of aryl methyl sites for hydroxylation is 2. The van der Waals surface area contributed by atoms with Gasteiger partial charge < -0.3 is 4.40 Å². The number of nitrogens with zero attached hydrogens (tertiary/aromatic N) is 2. The highest BCUT2D eigenvalue weighted by atomic mass is 15.0. The molecule has 0 bridgehead atoms. The number of fused-ring (bicyclic) bond motifs is 5. The second-order valence-corrected chi connectivity index (χ2v) is 6.47. The Morgan fingerprint density at radius 1 is 0.955 bits per heavy atom. The van der Waals surface area contributed by atoms with Crippen LogP contribution in [0.3, 0.4) is 0 Å². The molecule has 0 aliphatic carbocycles. The quantitative estimate of drug-likeness (QED) is 0.459. The van der Waals surface area contributed by atoms with Gasteiger partial charge in [-0.05, 0) is 49.1 Å². The second-order valence-electron chi connectivity index (χ2n) is 6.47. The van der Waals surface area contributed by atoms with Crippen molar-refractivity contribution in [2.75, 3.05) is 0 Å². The van der Waals surface area contributed by atoms with Gasteiger partial charge >= 0.3 is 0 Å². The second kappa shape index (κ2) is 4.57. The average molecular weight is 288 g/mol. The summed E-state index contributed by atoms with van der Waals surface area (Å²) in [4.78, 5) is 5.00. The molecule has 0 fully saturated rings. The fourth-order valence-corrected chi connectivity index (χ4v) is 3.46. The lowest BCUT2D eigenvalue weighted by atomic mass is 10.1. The van der Waals surface area contributed by atoms with E-state index in [1.165, 1.54) is 38.8 Å². The maximum Gasteiger partial charge on any atom is 0.0877 e.